The molecule has 1 aliphatic rings. The van der Waals surface area contributed by atoms with Crippen LogP contribution in [0, 0.1) is 7.05 Å². The Balaban J connectivity index is 2.30. The first-order valence-electron chi connectivity index (χ1n) is 4.69. The summed E-state index contributed by atoms with van der Waals surface area (Å²) < 4.78 is 25.9. The lowest BCUT2D eigenvalue weighted by Gasteiger charge is -2.38. The van der Waals surface area contributed by atoms with Crippen molar-refractivity contribution in [2.75, 3.05) is 32.7 Å². The van der Waals surface area contributed by atoms with Gasteiger partial charge in [-0.1, -0.05) is 6.92 Å². The maximum absolute atomic E-state index is 13.0. The second-order valence-corrected chi connectivity index (χ2v) is 3.60. The van der Waals surface area contributed by atoms with E-state index in [-0.39, 0.29) is 13.0 Å². The van der Waals surface area contributed by atoms with E-state index < -0.39 is 5.92 Å². The van der Waals surface area contributed by atoms with Crippen molar-refractivity contribution in [3.05, 3.63) is 7.05 Å². The fourth-order valence-electron chi connectivity index (χ4n) is 1.39. The molecule has 0 amide bonds. The molecule has 0 aliphatic carbocycles. The van der Waals surface area contributed by atoms with Gasteiger partial charge in [0.25, 0.3) is 5.92 Å². The summed E-state index contributed by atoms with van der Waals surface area (Å²) in [6.07, 6.45) is -0.0718. The van der Waals surface area contributed by atoms with Crippen molar-refractivity contribution >= 4 is 0 Å². The van der Waals surface area contributed by atoms with Crippen LogP contribution in [0.3, 0.4) is 0 Å². The molecule has 0 aromatic heterocycles. The first kappa shape index (κ1) is 10.9. The van der Waals surface area contributed by atoms with Gasteiger partial charge in [0.2, 0.25) is 0 Å². The molecule has 0 spiro atoms. The number of rotatable bonds is 3. The fourth-order valence-corrected chi connectivity index (χ4v) is 1.39. The van der Waals surface area contributed by atoms with Crippen LogP contribution < -0.4 is 0 Å². The standard InChI is InChI=1S/C9H17F2N2/c1-3-9(10,11)8-13-6-4-12(2)5-7-13/h2-8H2,1H3/q-1. The number of nitrogens with zero attached hydrogens (tertiary/aromatic N) is 2. The van der Waals surface area contributed by atoms with Gasteiger partial charge in [-0.15, -0.1) is 0 Å². The van der Waals surface area contributed by atoms with Gasteiger partial charge in [-0.2, -0.15) is 0 Å². The molecule has 1 heterocycles. The van der Waals surface area contributed by atoms with Crippen molar-refractivity contribution in [2.45, 2.75) is 19.3 Å². The number of piperazine rings is 1. The van der Waals surface area contributed by atoms with Crippen LogP contribution in [0.4, 0.5) is 8.78 Å². The van der Waals surface area contributed by atoms with Crippen LogP contribution in [0.2, 0.25) is 0 Å². The molecule has 1 fully saturated rings. The lowest BCUT2D eigenvalue weighted by atomic mass is 10.2. The normalized spacial score (nSPS) is 22.2. The molecule has 13 heavy (non-hydrogen) atoms. The number of halogens is 2. The van der Waals surface area contributed by atoms with E-state index in [0.29, 0.717) is 13.1 Å². The molecule has 1 saturated heterocycles. The van der Waals surface area contributed by atoms with E-state index in [1.54, 1.807) is 0 Å². The average Bonchev–Trinajstić information content (AvgIpc) is 2.09. The molecule has 0 saturated carbocycles. The lowest BCUT2D eigenvalue weighted by Crippen LogP contribution is -2.47. The molecular formula is C9H17F2N2-. The van der Waals surface area contributed by atoms with Crippen LogP contribution in [-0.2, 0) is 0 Å². The van der Waals surface area contributed by atoms with Gasteiger partial charge in [0, 0.05) is 19.5 Å². The molecule has 0 aromatic rings. The van der Waals surface area contributed by atoms with Crippen molar-refractivity contribution in [1.29, 1.82) is 0 Å². The molecule has 1 rings (SSSR count). The lowest BCUT2D eigenvalue weighted by molar-refractivity contribution is -0.0421. The van der Waals surface area contributed by atoms with Crippen LogP contribution in [-0.4, -0.2) is 48.4 Å². The molecule has 0 N–H and O–H groups in total. The molecule has 2 nitrogen and oxygen atoms in total. The van der Waals surface area contributed by atoms with Gasteiger partial charge in [0.1, 0.15) is 0 Å². The van der Waals surface area contributed by atoms with Crippen molar-refractivity contribution in [1.82, 2.24) is 9.80 Å². The molecule has 4 heteroatoms. The molecule has 0 radical (unpaired) electrons. The van der Waals surface area contributed by atoms with Gasteiger partial charge >= 0.3 is 0 Å². The van der Waals surface area contributed by atoms with Gasteiger partial charge < -0.3 is 4.90 Å². The zero-order valence-electron chi connectivity index (χ0n) is 8.10. The van der Waals surface area contributed by atoms with E-state index in [1.165, 1.54) is 6.92 Å². The molecule has 0 aromatic carbocycles. The highest BCUT2D eigenvalue weighted by Gasteiger charge is 2.29. The van der Waals surface area contributed by atoms with E-state index in [9.17, 15) is 8.78 Å². The van der Waals surface area contributed by atoms with Gasteiger partial charge in [-0.25, -0.2) is 8.78 Å². The second kappa shape index (κ2) is 4.33. The highest BCUT2D eigenvalue weighted by molar-refractivity contribution is 4.76. The van der Waals surface area contributed by atoms with Crippen LogP contribution in [0.25, 0.3) is 0 Å². The summed E-state index contributed by atoms with van der Waals surface area (Å²) in [6.45, 7) is 4.42. The molecule has 1 aliphatic heterocycles. The van der Waals surface area contributed by atoms with Crippen LogP contribution in [0.5, 0.6) is 0 Å². The fraction of sp³-hybridized carbons (Fsp3) is 0.889. The molecular weight excluding hydrogens is 174 g/mol. The first-order chi connectivity index (χ1) is 6.03. The van der Waals surface area contributed by atoms with Gasteiger partial charge in [0.15, 0.2) is 0 Å². The van der Waals surface area contributed by atoms with Crippen LogP contribution in [0.15, 0.2) is 0 Å². The zero-order valence-corrected chi connectivity index (χ0v) is 8.10. The predicted molar refractivity (Wildman–Crippen MR) is 48.6 cm³/mol. The van der Waals surface area contributed by atoms with Crippen molar-refractivity contribution in [2.24, 2.45) is 0 Å². The summed E-state index contributed by atoms with van der Waals surface area (Å²) in [5.74, 6) is -2.52. The summed E-state index contributed by atoms with van der Waals surface area (Å²) in [4.78, 5) is 3.73. The Hall–Kier alpha value is -0.220. The Morgan fingerprint density at radius 1 is 1.23 bits per heavy atom. The van der Waals surface area contributed by atoms with E-state index in [4.69, 9.17) is 0 Å². The average molecular weight is 191 g/mol. The molecule has 0 atom stereocenters. The summed E-state index contributed by atoms with van der Waals surface area (Å²) in [5.41, 5.74) is 0. The monoisotopic (exact) mass is 191 g/mol. The quantitative estimate of drug-likeness (QED) is 0.623. The summed E-state index contributed by atoms with van der Waals surface area (Å²) in [6, 6.07) is 0. The largest absolute Gasteiger partial charge is 0.457 e. The minimum atomic E-state index is -2.52. The molecule has 0 bridgehead atoms. The van der Waals surface area contributed by atoms with Crippen LogP contribution >= 0.6 is 0 Å². The third-order valence-electron chi connectivity index (χ3n) is 2.44. The summed E-state index contributed by atoms with van der Waals surface area (Å²) in [7, 11) is 3.77. The highest BCUT2D eigenvalue weighted by atomic mass is 19.3. The summed E-state index contributed by atoms with van der Waals surface area (Å²) in [5, 5.41) is 0. The topological polar surface area (TPSA) is 6.48 Å². The van der Waals surface area contributed by atoms with E-state index >= 15 is 0 Å². The third kappa shape index (κ3) is 3.56. The van der Waals surface area contributed by atoms with E-state index in [1.807, 2.05) is 9.80 Å². The van der Waals surface area contributed by atoms with E-state index in [0.717, 1.165) is 13.1 Å². The third-order valence-corrected chi connectivity index (χ3v) is 2.44. The maximum Gasteiger partial charge on any atom is 0.260 e. The Kier molecular flexibility index (Phi) is 3.62. The number of hydrogen-bond acceptors (Lipinski definition) is 2. The predicted octanol–water partition coefficient (Wildman–Crippen LogP) is 1.44. The minimum Gasteiger partial charge on any atom is -0.457 e. The number of hydrogen-bond donors (Lipinski definition) is 0. The van der Waals surface area contributed by atoms with Crippen molar-refractivity contribution < 1.29 is 8.78 Å². The van der Waals surface area contributed by atoms with Crippen molar-refractivity contribution in [3.8, 4) is 0 Å². The SMILES string of the molecule is [CH2-]N1CCN(CC(F)(F)CC)CC1. The first-order valence-corrected chi connectivity index (χ1v) is 4.69. The smallest absolute Gasteiger partial charge is 0.260 e. The Morgan fingerprint density at radius 2 is 1.77 bits per heavy atom. The Bertz CT molecular complexity index is 154. The maximum atomic E-state index is 13.0. The van der Waals surface area contributed by atoms with Gasteiger partial charge in [0.05, 0.1) is 6.54 Å². The molecule has 0 unspecified atom stereocenters. The summed E-state index contributed by atoms with van der Waals surface area (Å²) >= 11 is 0. The zero-order chi connectivity index (χ0) is 9.90. The van der Waals surface area contributed by atoms with Crippen molar-refractivity contribution in [3.63, 3.8) is 0 Å². The minimum absolute atomic E-state index is 0.0718. The Labute approximate surface area is 78.5 Å². The van der Waals surface area contributed by atoms with Gasteiger partial charge in [-0.05, 0) is 13.1 Å². The highest BCUT2D eigenvalue weighted by Crippen LogP contribution is 2.19. The Morgan fingerprint density at radius 3 is 2.23 bits per heavy atom. The number of alkyl halides is 2. The molecule has 78 valence electrons. The second-order valence-electron chi connectivity index (χ2n) is 3.60. The van der Waals surface area contributed by atoms with Gasteiger partial charge in [-0.3, -0.25) is 11.9 Å². The van der Waals surface area contributed by atoms with Crippen LogP contribution in [0.1, 0.15) is 13.3 Å². The van der Waals surface area contributed by atoms with E-state index in [2.05, 4.69) is 7.05 Å².